The summed E-state index contributed by atoms with van der Waals surface area (Å²) in [5, 5.41) is 1.00. The van der Waals surface area contributed by atoms with Gasteiger partial charge in [0.2, 0.25) is 0 Å². The first kappa shape index (κ1) is 12.1. The van der Waals surface area contributed by atoms with Crippen molar-refractivity contribution in [2.24, 2.45) is 11.7 Å². The quantitative estimate of drug-likeness (QED) is 0.887. The van der Waals surface area contributed by atoms with Crippen molar-refractivity contribution in [1.29, 1.82) is 0 Å². The van der Waals surface area contributed by atoms with Crippen LogP contribution in [0.2, 0.25) is 0 Å². The van der Waals surface area contributed by atoms with E-state index < -0.39 is 0 Å². The molecule has 4 nitrogen and oxygen atoms in total. The lowest BCUT2D eigenvalue weighted by Crippen LogP contribution is -2.30. The number of rotatable bonds is 2. The maximum Gasteiger partial charge on any atom is 0.256 e. The minimum atomic E-state index is 0.0697. The van der Waals surface area contributed by atoms with Crippen LogP contribution in [-0.4, -0.2) is 35.4 Å². The van der Waals surface area contributed by atoms with E-state index in [1.165, 1.54) is 0 Å². The molecule has 1 aromatic carbocycles. The van der Waals surface area contributed by atoms with Crippen molar-refractivity contribution in [2.75, 3.05) is 19.6 Å². The highest BCUT2D eigenvalue weighted by molar-refractivity contribution is 6.05. The third kappa shape index (κ3) is 2.19. The molecule has 1 fully saturated rings. The summed E-state index contributed by atoms with van der Waals surface area (Å²) in [6, 6.07) is 9.61. The zero-order valence-electron chi connectivity index (χ0n) is 10.7. The van der Waals surface area contributed by atoms with Gasteiger partial charge in [0.05, 0.1) is 11.1 Å². The number of carbonyl (C=O) groups excluding carboxylic acids is 1. The molecule has 1 aromatic heterocycles. The second-order valence-corrected chi connectivity index (χ2v) is 5.02. The molecule has 1 amide bonds. The Morgan fingerprint density at radius 3 is 3.00 bits per heavy atom. The van der Waals surface area contributed by atoms with Gasteiger partial charge in [-0.3, -0.25) is 9.78 Å². The van der Waals surface area contributed by atoms with Crippen LogP contribution in [0.3, 0.4) is 0 Å². The van der Waals surface area contributed by atoms with E-state index in [1.54, 1.807) is 6.20 Å². The summed E-state index contributed by atoms with van der Waals surface area (Å²) < 4.78 is 0. The van der Waals surface area contributed by atoms with Crippen LogP contribution in [0.1, 0.15) is 16.8 Å². The number of fused-ring (bicyclic) bond motifs is 1. The molecule has 0 radical (unpaired) electrons. The molecule has 1 saturated heterocycles. The minimum Gasteiger partial charge on any atom is -0.338 e. The minimum absolute atomic E-state index is 0.0697. The number of para-hydroxylation sites is 1. The maximum atomic E-state index is 12.6. The molecule has 0 bridgehead atoms. The fourth-order valence-electron chi connectivity index (χ4n) is 2.66. The van der Waals surface area contributed by atoms with Gasteiger partial charge in [0, 0.05) is 24.7 Å². The van der Waals surface area contributed by atoms with Crippen molar-refractivity contribution in [3.8, 4) is 0 Å². The van der Waals surface area contributed by atoms with Crippen molar-refractivity contribution >= 4 is 16.8 Å². The number of hydrogen-bond donors (Lipinski definition) is 1. The zero-order valence-corrected chi connectivity index (χ0v) is 10.7. The number of benzene rings is 1. The van der Waals surface area contributed by atoms with Crippen molar-refractivity contribution in [2.45, 2.75) is 6.42 Å². The molecule has 19 heavy (non-hydrogen) atoms. The highest BCUT2D eigenvalue weighted by Crippen LogP contribution is 2.21. The van der Waals surface area contributed by atoms with Crippen molar-refractivity contribution in [3.05, 3.63) is 42.1 Å². The van der Waals surface area contributed by atoms with Gasteiger partial charge in [-0.1, -0.05) is 18.2 Å². The van der Waals surface area contributed by atoms with Gasteiger partial charge in [0.15, 0.2) is 0 Å². The summed E-state index contributed by atoms with van der Waals surface area (Å²) in [6.45, 7) is 2.21. The molecule has 0 saturated carbocycles. The van der Waals surface area contributed by atoms with E-state index in [4.69, 9.17) is 5.73 Å². The summed E-state index contributed by atoms with van der Waals surface area (Å²) in [6.07, 6.45) is 2.73. The molecule has 3 rings (SSSR count). The Hall–Kier alpha value is -1.94. The van der Waals surface area contributed by atoms with Gasteiger partial charge in [-0.05, 0) is 31.0 Å². The first-order valence-corrected chi connectivity index (χ1v) is 6.62. The van der Waals surface area contributed by atoms with Crippen LogP contribution in [-0.2, 0) is 0 Å². The fraction of sp³-hybridized carbons (Fsp3) is 0.333. The highest BCUT2D eigenvalue weighted by atomic mass is 16.2. The smallest absolute Gasteiger partial charge is 0.256 e. The number of aromatic nitrogens is 1. The van der Waals surface area contributed by atoms with Crippen LogP contribution >= 0.6 is 0 Å². The average Bonchev–Trinajstić information content (AvgIpc) is 2.95. The molecule has 0 spiro atoms. The summed E-state index contributed by atoms with van der Waals surface area (Å²) in [5.41, 5.74) is 7.15. The first-order valence-electron chi connectivity index (χ1n) is 6.62. The second kappa shape index (κ2) is 4.97. The van der Waals surface area contributed by atoms with Gasteiger partial charge in [-0.2, -0.15) is 0 Å². The number of likely N-dealkylation sites (tertiary alicyclic amines) is 1. The predicted molar refractivity (Wildman–Crippen MR) is 74.8 cm³/mol. The average molecular weight is 255 g/mol. The monoisotopic (exact) mass is 255 g/mol. The van der Waals surface area contributed by atoms with E-state index in [0.29, 0.717) is 18.0 Å². The van der Waals surface area contributed by atoms with E-state index in [-0.39, 0.29) is 5.91 Å². The van der Waals surface area contributed by atoms with E-state index in [0.717, 1.165) is 30.4 Å². The molecule has 2 heterocycles. The van der Waals surface area contributed by atoms with Gasteiger partial charge >= 0.3 is 0 Å². The van der Waals surface area contributed by atoms with E-state index >= 15 is 0 Å². The van der Waals surface area contributed by atoms with Crippen LogP contribution in [0.5, 0.6) is 0 Å². The Labute approximate surface area is 112 Å². The highest BCUT2D eigenvalue weighted by Gasteiger charge is 2.26. The first-order chi connectivity index (χ1) is 9.29. The largest absolute Gasteiger partial charge is 0.338 e. The van der Waals surface area contributed by atoms with E-state index in [1.807, 2.05) is 35.2 Å². The molecule has 1 atom stereocenters. The number of carbonyl (C=O) groups is 1. The number of amides is 1. The molecule has 1 aliphatic heterocycles. The number of nitrogens with two attached hydrogens (primary N) is 1. The molecule has 4 heteroatoms. The van der Waals surface area contributed by atoms with Crippen LogP contribution < -0.4 is 5.73 Å². The Morgan fingerprint density at radius 1 is 1.37 bits per heavy atom. The molecular weight excluding hydrogens is 238 g/mol. The Morgan fingerprint density at radius 2 is 2.21 bits per heavy atom. The SMILES string of the molecule is NCC1CCN(C(=O)c2cccc3cccnc23)C1. The van der Waals surface area contributed by atoms with Gasteiger partial charge < -0.3 is 10.6 Å². The second-order valence-electron chi connectivity index (χ2n) is 5.02. The fourth-order valence-corrected chi connectivity index (χ4v) is 2.66. The Bertz CT molecular complexity index is 606. The standard InChI is InChI=1S/C15H17N3O/c16-9-11-6-8-18(10-11)15(19)13-5-1-3-12-4-2-7-17-14(12)13/h1-5,7,11H,6,8-10,16H2. The van der Waals surface area contributed by atoms with Crippen LogP contribution in [0, 0.1) is 5.92 Å². The Kier molecular flexibility index (Phi) is 3.17. The lowest BCUT2D eigenvalue weighted by molar-refractivity contribution is 0.0789. The summed E-state index contributed by atoms with van der Waals surface area (Å²) in [4.78, 5) is 18.8. The van der Waals surface area contributed by atoms with Gasteiger partial charge in [-0.15, -0.1) is 0 Å². The predicted octanol–water partition coefficient (Wildman–Crippen LogP) is 1.66. The molecule has 1 unspecified atom stereocenters. The summed E-state index contributed by atoms with van der Waals surface area (Å²) >= 11 is 0. The van der Waals surface area contributed by atoms with Crippen LogP contribution in [0.25, 0.3) is 10.9 Å². The normalized spacial score (nSPS) is 19.0. The van der Waals surface area contributed by atoms with Gasteiger partial charge in [0.25, 0.3) is 5.91 Å². The molecule has 2 N–H and O–H groups in total. The zero-order chi connectivity index (χ0) is 13.2. The number of nitrogens with zero attached hydrogens (tertiary/aromatic N) is 2. The molecule has 2 aromatic rings. The van der Waals surface area contributed by atoms with Crippen LogP contribution in [0.4, 0.5) is 0 Å². The topological polar surface area (TPSA) is 59.2 Å². The van der Waals surface area contributed by atoms with Gasteiger partial charge in [-0.25, -0.2) is 0 Å². The Balaban J connectivity index is 1.94. The van der Waals surface area contributed by atoms with Crippen molar-refractivity contribution in [3.63, 3.8) is 0 Å². The molecule has 0 aliphatic carbocycles. The third-order valence-electron chi connectivity index (χ3n) is 3.77. The summed E-state index contributed by atoms with van der Waals surface area (Å²) in [7, 11) is 0. The lowest BCUT2D eigenvalue weighted by Gasteiger charge is -2.17. The number of pyridine rings is 1. The lowest BCUT2D eigenvalue weighted by atomic mass is 10.1. The third-order valence-corrected chi connectivity index (χ3v) is 3.77. The summed E-state index contributed by atoms with van der Waals surface area (Å²) in [5.74, 6) is 0.507. The molecule has 1 aliphatic rings. The van der Waals surface area contributed by atoms with Gasteiger partial charge in [0.1, 0.15) is 0 Å². The van der Waals surface area contributed by atoms with Crippen molar-refractivity contribution < 1.29 is 4.79 Å². The van der Waals surface area contributed by atoms with E-state index in [9.17, 15) is 4.79 Å². The van der Waals surface area contributed by atoms with E-state index in [2.05, 4.69) is 4.98 Å². The molecular formula is C15H17N3O. The number of hydrogen-bond acceptors (Lipinski definition) is 3. The molecule has 98 valence electrons. The maximum absolute atomic E-state index is 12.6. The van der Waals surface area contributed by atoms with Crippen molar-refractivity contribution in [1.82, 2.24) is 9.88 Å². The van der Waals surface area contributed by atoms with Crippen LogP contribution in [0.15, 0.2) is 36.5 Å².